The van der Waals surface area contributed by atoms with Crippen molar-refractivity contribution >= 4 is 17.3 Å². The van der Waals surface area contributed by atoms with Crippen LogP contribution in [-0.4, -0.2) is 50.8 Å². The summed E-state index contributed by atoms with van der Waals surface area (Å²) in [5.74, 6) is 0.122. The molecule has 3 aromatic rings. The van der Waals surface area contributed by atoms with Crippen LogP contribution < -0.4 is 0 Å². The number of hydrogen-bond donors (Lipinski definition) is 0. The molecule has 132 valence electrons. The monoisotopic (exact) mass is 348 g/mol. The van der Waals surface area contributed by atoms with Gasteiger partial charge in [0.25, 0.3) is 0 Å². The van der Waals surface area contributed by atoms with E-state index >= 15 is 0 Å². The molecule has 0 unspecified atom stereocenters. The maximum absolute atomic E-state index is 10.7. The Balaban J connectivity index is 0.000000236. The number of fused-ring (bicyclic) bond motifs is 1. The van der Waals surface area contributed by atoms with Crippen molar-refractivity contribution in [2.75, 3.05) is 20.1 Å². The fourth-order valence-corrected chi connectivity index (χ4v) is 2.87. The number of nitrogens with zero attached hydrogens (tertiary/aromatic N) is 6. The van der Waals surface area contributed by atoms with Crippen molar-refractivity contribution in [1.29, 1.82) is 5.26 Å². The lowest BCUT2D eigenvalue weighted by Crippen LogP contribution is -2.24. The molecule has 4 rings (SSSR count). The van der Waals surface area contributed by atoms with Crippen molar-refractivity contribution in [2.45, 2.75) is 19.3 Å². The molecule has 7 heteroatoms. The third kappa shape index (κ3) is 4.10. The topological polar surface area (TPSA) is 87.7 Å². The van der Waals surface area contributed by atoms with Gasteiger partial charge in [-0.1, -0.05) is 6.42 Å². The summed E-state index contributed by atoms with van der Waals surface area (Å²) in [6.45, 7) is 2.64. The van der Waals surface area contributed by atoms with E-state index in [1.165, 1.54) is 38.5 Å². The van der Waals surface area contributed by atoms with Crippen molar-refractivity contribution < 1.29 is 4.79 Å². The fourth-order valence-electron chi connectivity index (χ4n) is 2.87. The number of piperidine rings is 1. The third-order valence-electron chi connectivity index (χ3n) is 4.28. The summed E-state index contributed by atoms with van der Waals surface area (Å²) in [6, 6.07) is 5.48. The smallest absolute Gasteiger partial charge is 0.232 e. The van der Waals surface area contributed by atoms with E-state index in [4.69, 9.17) is 5.26 Å². The first kappa shape index (κ1) is 17.7. The van der Waals surface area contributed by atoms with Crippen LogP contribution in [0.25, 0.3) is 16.7 Å². The Bertz CT molecular complexity index is 919. The van der Waals surface area contributed by atoms with Crippen molar-refractivity contribution in [3.05, 3.63) is 48.3 Å². The Morgan fingerprint density at radius 3 is 2.42 bits per heavy atom. The van der Waals surface area contributed by atoms with Crippen molar-refractivity contribution in [2.24, 2.45) is 0 Å². The molecule has 0 spiro atoms. The maximum atomic E-state index is 10.7. The van der Waals surface area contributed by atoms with E-state index in [2.05, 4.69) is 26.9 Å². The van der Waals surface area contributed by atoms with Crippen LogP contribution in [0.5, 0.6) is 0 Å². The van der Waals surface area contributed by atoms with Gasteiger partial charge in [-0.25, -0.2) is 15.0 Å². The van der Waals surface area contributed by atoms with Gasteiger partial charge in [0.15, 0.2) is 6.29 Å². The third-order valence-corrected chi connectivity index (χ3v) is 4.28. The second-order valence-corrected chi connectivity index (χ2v) is 6.23. The van der Waals surface area contributed by atoms with Gasteiger partial charge in [0, 0.05) is 23.3 Å². The second-order valence-electron chi connectivity index (χ2n) is 6.23. The van der Waals surface area contributed by atoms with Crippen LogP contribution in [-0.2, 0) is 0 Å². The lowest BCUT2D eigenvalue weighted by molar-refractivity contribution is 0.112. The molecule has 0 aliphatic carbocycles. The van der Waals surface area contributed by atoms with E-state index in [9.17, 15) is 4.79 Å². The van der Waals surface area contributed by atoms with E-state index in [0.29, 0.717) is 16.9 Å². The Kier molecular flexibility index (Phi) is 5.66. The molecule has 0 saturated carbocycles. The number of likely N-dealkylation sites (tertiary alicyclic amines) is 1. The van der Waals surface area contributed by atoms with Gasteiger partial charge in [-0.2, -0.15) is 5.26 Å². The minimum absolute atomic E-state index is 0.122. The lowest BCUT2D eigenvalue weighted by Gasteiger charge is -2.20. The largest absolute Gasteiger partial charge is 0.306 e. The minimum Gasteiger partial charge on any atom is -0.306 e. The number of nitriles is 1. The number of carbonyl (C=O) groups excluding carboxylic acids is 1. The van der Waals surface area contributed by atoms with Gasteiger partial charge in [0.05, 0.1) is 18.1 Å². The highest BCUT2D eigenvalue weighted by Gasteiger charge is 2.06. The molecule has 0 aromatic carbocycles. The fraction of sp³-hybridized carbons (Fsp3) is 0.316. The van der Waals surface area contributed by atoms with E-state index in [1.807, 2.05) is 18.3 Å². The first-order valence-corrected chi connectivity index (χ1v) is 8.54. The zero-order valence-corrected chi connectivity index (χ0v) is 14.7. The number of aromatic nitrogens is 4. The molecular formula is C19H20N6O. The molecule has 1 saturated heterocycles. The summed E-state index contributed by atoms with van der Waals surface area (Å²) < 4.78 is 1.80. The predicted molar refractivity (Wildman–Crippen MR) is 98.1 cm³/mol. The number of rotatable bonds is 2. The molecule has 0 bridgehead atoms. The molecular weight excluding hydrogens is 328 g/mol. The standard InChI is InChI=1S/C13H7N5O.C6H13N/c14-4-12-15-6-11(7-16-12)18-2-1-10-3-9(8-19)5-17-13(10)18;1-7-5-3-2-4-6-7/h1-3,5-8H;2-6H2,1H3. The van der Waals surface area contributed by atoms with Gasteiger partial charge >= 0.3 is 0 Å². The average Bonchev–Trinajstić information content (AvgIpc) is 3.12. The molecule has 0 atom stereocenters. The number of aldehydes is 1. The Morgan fingerprint density at radius 1 is 1.12 bits per heavy atom. The zero-order chi connectivity index (χ0) is 18.4. The van der Waals surface area contributed by atoms with Crippen LogP contribution >= 0.6 is 0 Å². The second kappa shape index (κ2) is 8.32. The molecule has 0 amide bonds. The molecule has 7 nitrogen and oxygen atoms in total. The normalized spacial score (nSPS) is 14.3. The molecule has 4 heterocycles. The van der Waals surface area contributed by atoms with Gasteiger partial charge in [0.1, 0.15) is 11.7 Å². The number of hydrogen-bond acceptors (Lipinski definition) is 6. The molecule has 0 N–H and O–H groups in total. The van der Waals surface area contributed by atoms with Crippen molar-refractivity contribution in [3.63, 3.8) is 0 Å². The average molecular weight is 348 g/mol. The van der Waals surface area contributed by atoms with Gasteiger partial charge in [-0.15, -0.1) is 0 Å². The van der Waals surface area contributed by atoms with Crippen LogP contribution in [0.1, 0.15) is 35.4 Å². The molecule has 1 aliphatic heterocycles. The molecule has 26 heavy (non-hydrogen) atoms. The Morgan fingerprint density at radius 2 is 1.85 bits per heavy atom. The highest BCUT2D eigenvalue weighted by atomic mass is 16.1. The molecule has 1 fully saturated rings. The van der Waals surface area contributed by atoms with E-state index in [0.717, 1.165) is 11.7 Å². The molecule has 3 aromatic heterocycles. The summed E-state index contributed by atoms with van der Waals surface area (Å²) in [4.78, 5) is 25.2. The predicted octanol–water partition coefficient (Wildman–Crippen LogP) is 2.60. The highest BCUT2D eigenvalue weighted by molar-refractivity contribution is 5.85. The van der Waals surface area contributed by atoms with Gasteiger partial charge < -0.3 is 4.90 Å². The molecule has 1 aliphatic rings. The summed E-state index contributed by atoms with van der Waals surface area (Å²) in [7, 11) is 2.19. The first-order chi connectivity index (χ1) is 12.7. The molecule has 0 radical (unpaired) electrons. The van der Waals surface area contributed by atoms with Crippen LogP contribution in [0, 0.1) is 11.3 Å². The number of pyridine rings is 1. The van der Waals surface area contributed by atoms with Crippen LogP contribution in [0.3, 0.4) is 0 Å². The number of carbonyl (C=O) groups is 1. The summed E-state index contributed by atoms with van der Waals surface area (Å²) >= 11 is 0. The van der Waals surface area contributed by atoms with Crippen molar-refractivity contribution in [1.82, 2.24) is 24.4 Å². The maximum Gasteiger partial charge on any atom is 0.232 e. The lowest BCUT2D eigenvalue weighted by atomic mass is 10.1. The first-order valence-electron chi connectivity index (χ1n) is 8.54. The van der Waals surface area contributed by atoms with Crippen LogP contribution in [0.15, 0.2) is 36.9 Å². The highest BCUT2D eigenvalue weighted by Crippen LogP contribution is 2.18. The summed E-state index contributed by atoms with van der Waals surface area (Å²) in [5, 5.41) is 9.52. The zero-order valence-electron chi connectivity index (χ0n) is 14.7. The van der Waals surface area contributed by atoms with E-state index < -0.39 is 0 Å². The Labute approximate surface area is 151 Å². The summed E-state index contributed by atoms with van der Waals surface area (Å²) in [5.41, 5.74) is 1.94. The van der Waals surface area contributed by atoms with Crippen LogP contribution in [0.4, 0.5) is 0 Å². The quantitative estimate of drug-likeness (QED) is 0.662. The van der Waals surface area contributed by atoms with Gasteiger partial charge in [-0.3, -0.25) is 9.36 Å². The van der Waals surface area contributed by atoms with Gasteiger partial charge in [0.2, 0.25) is 5.82 Å². The Hall–Kier alpha value is -3.11. The van der Waals surface area contributed by atoms with E-state index in [1.54, 1.807) is 23.0 Å². The summed E-state index contributed by atoms with van der Waals surface area (Å²) in [6.07, 6.45) is 11.5. The van der Waals surface area contributed by atoms with Gasteiger partial charge in [-0.05, 0) is 45.1 Å². The van der Waals surface area contributed by atoms with Crippen LogP contribution in [0.2, 0.25) is 0 Å². The van der Waals surface area contributed by atoms with Crippen molar-refractivity contribution in [3.8, 4) is 11.8 Å². The minimum atomic E-state index is 0.122. The SMILES string of the molecule is CN1CCCCC1.N#Cc1ncc(-n2ccc3cc(C=O)cnc32)cn1. The van der Waals surface area contributed by atoms with E-state index in [-0.39, 0.29) is 5.82 Å².